The molecule has 9 heteroatoms. The summed E-state index contributed by atoms with van der Waals surface area (Å²) in [4.78, 5) is 28.6. The number of rotatable bonds is 5. The number of carbonyl (C=O) groups is 2. The van der Waals surface area contributed by atoms with Gasteiger partial charge in [0.05, 0.1) is 15.7 Å². The fourth-order valence-corrected chi connectivity index (χ4v) is 3.46. The Morgan fingerprint density at radius 3 is 2.57 bits per heavy atom. The minimum absolute atomic E-state index is 0.0698. The maximum Gasteiger partial charge on any atom is 0.270 e. The number of hydrogen-bond acceptors (Lipinski definition) is 5. The third-order valence-corrected chi connectivity index (χ3v) is 5.34. The standard InChI is InChI=1S/C19H17Cl2N3O3S/c1-3-23(4-2)15-9-8-11(27-15)10-12-17(25)22-19(28)24(18(12)26)14-7-5-6-13(20)16(14)21/h5-10H,3-4H2,1-2H3,(H,22,25,28)/b12-10-. The molecule has 3 rings (SSSR count). The molecular formula is C19H17Cl2N3O3S. The topological polar surface area (TPSA) is 65.8 Å². The number of hydrogen-bond donors (Lipinski definition) is 1. The summed E-state index contributed by atoms with van der Waals surface area (Å²) in [6, 6.07) is 8.32. The maximum atomic E-state index is 13.0. The molecule has 146 valence electrons. The lowest BCUT2D eigenvalue weighted by Gasteiger charge is -2.29. The van der Waals surface area contributed by atoms with E-state index in [1.807, 2.05) is 18.7 Å². The number of nitrogens with one attached hydrogen (secondary N) is 1. The molecule has 1 aliphatic rings. The zero-order valence-electron chi connectivity index (χ0n) is 15.2. The van der Waals surface area contributed by atoms with E-state index in [0.717, 1.165) is 18.0 Å². The zero-order valence-corrected chi connectivity index (χ0v) is 17.5. The van der Waals surface area contributed by atoms with Gasteiger partial charge in [0, 0.05) is 19.2 Å². The molecule has 6 nitrogen and oxygen atoms in total. The Morgan fingerprint density at radius 2 is 1.89 bits per heavy atom. The van der Waals surface area contributed by atoms with E-state index in [1.54, 1.807) is 30.3 Å². The van der Waals surface area contributed by atoms with Crippen molar-refractivity contribution < 1.29 is 14.0 Å². The second-order valence-corrected chi connectivity index (χ2v) is 7.05. The van der Waals surface area contributed by atoms with Crippen LogP contribution in [0.4, 0.5) is 11.6 Å². The molecule has 0 aliphatic carbocycles. The number of benzene rings is 1. The highest BCUT2D eigenvalue weighted by Gasteiger charge is 2.36. The van der Waals surface area contributed by atoms with Crippen LogP contribution in [0.1, 0.15) is 19.6 Å². The average molecular weight is 438 g/mol. The van der Waals surface area contributed by atoms with Crippen LogP contribution in [-0.2, 0) is 9.59 Å². The molecule has 0 bridgehead atoms. The first-order valence-corrected chi connectivity index (χ1v) is 9.74. The van der Waals surface area contributed by atoms with Gasteiger partial charge in [-0.2, -0.15) is 0 Å². The lowest BCUT2D eigenvalue weighted by atomic mass is 10.1. The third kappa shape index (κ3) is 3.78. The van der Waals surface area contributed by atoms with Gasteiger partial charge in [0.25, 0.3) is 11.8 Å². The van der Waals surface area contributed by atoms with E-state index < -0.39 is 11.8 Å². The molecule has 28 heavy (non-hydrogen) atoms. The average Bonchev–Trinajstić information content (AvgIpc) is 3.11. The van der Waals surface area contributed by atoms with Crippen molar-refractivity contribution in [2.75, 3.05) is 22.9 Å². The number of carbonyl (C=O) groups excluding carboxylic acids is 2. The lowest BCUT2D eigenvalue weighted by Crippen LogP contribution is -2.54. The van der Waals surface area contributed by atoms with E-state index in [-0.39, 0.29) is 20.7 Å². The second kappa shape index (κ2) is 8.34. The van der Waals surface area contributed by atoms with Gasteiger partial charge >= 0.3 is 0 Å². The van der Waals surface area contributed by atoms with Crippen LogP contribution < -0.4 is 15.1 Å². The first-order valence-electron chi connectivity index (χ1n) is 8.57. The number of thiocarbonyl (C=S) groups is 1. The van der Waals surface area contributed by atoms with E-state index in [0.29, 0.717) is 17.3 Å². The van der Waals surface area contributed by atoms with Crippen molar-refractivity contribution >= 4 is 70.0 Å². The highest BCUT2D eigenvalue weighted by Crippen LogP contribution is 2.34. The van der Waals surface area contributed by atoms with Crippen LogP contribution in [0.5, 0.6) is 0 Å². The molecule has 0 saturated carbocycles. The Hall–Kier alpha value is -2.35. The van der Waals surface area contributed by atoms with Crippen molar-refractivity contribution in [1.82, 2.24) is 5.32 Å². The van der Waals surface area contributed by atoms with Crippen molar-refractivity contribution in [3.8, 4) is 0 Å². The Labute approximate surface area is 177 Å². The van der Waals surface area contributed by atoms with Gasteiger partial charge in [0.1, 0.15) is 11.3 Å². The van der Waals surface area contributed by atoms with Crippen molar-refractivity contribution in [2.24, 2.45) is 0 Å². The summed E-state index contributed by atoms with van der Waals surface area (Å²) in [5.41, 5.74) is 0.170. The molecule has 0 unspecified atom stereocenters. The Kier molecular flexibility index (Phi) is 6.07. The van der Waals surface area contributed by atoms with Crippen LogP contribution in [-0.4, -0.2) is 30.0 Å². The summed E-state index contributed by atoms with van der Waals surface area (Å²) >= 11 is 17.4. The van der Waals surface area contributed by atoms with Crippen LogP contribution in [0.15, 0.2) is 40.3 Å². The van der Waals surface area contributed by atoms with Crippen molar-refractivity contribution in [3.05, 3.63) is 51.7 Å². The van der Waals surface area contributed by atoms with Crippen LogP contribution in [0.3, 0.4) is 0 Å². The normalized spacial score (nSPS) is 15.9. The molecule has 1 aliphatic heterocycles. The number of nitrogens with zero attached hydrogens (tertiary/aromatic N) is 2. The fourth-order valence-electron chi connectivity index (χ4n) is 2.81. The van der Waals surface area contributed by atoms with Crippen LogP contribution in [0.25, 0.3) is 6.08 Å². The first kappa shape index (κ1) is 20.4. The monoisotopic (exact) mass is 437 g/mol. The smallest absolute Gasteiger partial charge is 0.270 e. The number of furan rings is 1. The van der Waals surface area contributed by atoms with Crippen LogP contribution >= 0.6 is 35.4 Å². The second-order valence-electron chi connectivity index (χ2n) is 5.88. The van der Waals surface area contributed by atoms with Gasteiger partial charge in [-0.3, -0.25) is 19.8 Å². The summed E-state index contributed by atoms with van der Waals surface area (Å²) in [5.74, 6) is -0.181. The van der Waals surface area contributed by atoms with Crippen molar-refractivity contribution in [3.63, 3.8) is 0 Å². The summed E-state index contributed by atoms with van der Waals surface area (Å²) in [7, 11) is 0. The van der Waals surface area contributed by atoms with Gasteiger partial charge in [-0.15, -0.1) is 0 Å². The highest BCUT2D eigenvalue weighted by molar-refractivity contribution is 7.80. The first-order chi connectivity index (χ1) is 13.4. The largest absolute Gasteiger partial charge is 0.441 e. The Balaban J connectivity index is 1.98. The molecule has 0 atom stereocenters. The van der Waals surface area contributed by atoms with Crippen LogP contribution in [0.2, 0.25) is 10.0 Å². The molecule has 1 fully saturated rings. The molecule has 2 amide bonds. The molecular weight excluding hydrogens is 421 g/mol. The van der Waals surface area contributed by atoms with E-state index in [2.05, 4.69) is 5.32 Å². The highest BCUT2D eigenvalue weighted by atomic mass is 35.5. The van der Waals surface area contributed by atoms with E-state index >= 15 is 0 Å². The van der Waals surface area contributed by atoms with E-state index in [9.17, 15) is 9.59 Å². The molecule has 0 spiro atoms. The molecule has 1 saturated heterocycles. The molecule has 2 aromatic rings. The predicted molar refractivity (Wildman–Crippen MR) is 115 cm³/mol. The lowest BCUT2D eigenvalue weighted by molar-refractivity contribution is -0.122. The summed E-state index contributed by atoms with van der Waals surface area (Å²) in [5, 5.41) is 2.87. The quantitative estimate of drug-likeness (QED) is 0.429. The maximum absolute atomic E-state index is 13.0. The summed E-state index contributed by atoms with van der Waals surface area (Å²) < 4.78 is 5.76. The Bertz CT molecular complexity index is 983. The minimum Gasteiger partial charge on any atom is -0.441 e. The van der Waals surface area contributed by atoms with Gasteiger partial charge in [-0.1, -0.05) is 29.3 Å². The zero-order chi connectivity index (χ0) is 20.4. The minimum atomic E-state index is -0.612. The Morgan fingerprint density at radius 1 is 1.18 bits per heavy atom. The number of amides is 2. The third-order valence-electron chi connectivity index (χ3n) is 4.25. The van der Waals surface area contributed by atoms with Crippen molar-refractivity contribution in [1.29, 1.82) is 0 Å². The van der Waals surface area contributed by atoms with E-state index in [4.69, 9.17) is 39.8 Å². The number of anilines is 2. The molecule has 0 radical (unpaired) electrons. The molecule has 1 N–H and O–H groups in total. The van der Waals surface area contributed by atoms with Crippen LogP contribution in [0, 0.1) is 0 Å². The van der Waals surface area contributed by atoms with Gasteiger partial charge < -0.3 is 9.32 Å². The summed E-state index contributed by atoms with van der Waals surface area (Å²) in [6.07, 6.45) is 1.39. The predicted octanol–water partition coefficient (Wildman–Crippen LogP) is 4.26. The van der Waals surface area contributed by atoms with Gasteiger partial charge in [0.15, 0.2) is 11.0 Å². The van der Waals surface area contributed by atoms with Gasteiger partial charge in [0.2, 0.25) is 0 Å². The summed E-state index contributed by atoms with van der Waals surface area (Å²) in [6.45, 7) is 5.56. The molecule has 1 aromatic heterocycles. The van der Waals surface area contributed by atoms with Gasteiger partial charge in [-0.05, 0) is 50.3 Å². The SMILES string of the molecule is CCN(CC)c1ccc(/C=C2/C(=O)NC(=S)N(c3cccc(Cl)c3Cl)C2=O)o1. The molecule has 2 heterocycles. The van der Waals surface area contributed by atoms with E-state index in [1.165, 1.54) is 6.08 Å². The van der Waals surface area contributed by atoms with Gasteiger partial charge in [-0.25, -0.2) is 0 Å². The molecule has 1 aromatic carbocycles. The fraction of sp³-hybridized carbons (Fsp3) is 0.211. The number of halogens is 2. The van der Waals surface area contributed by atoms with Crippen molar-refractivity contribution in [2.45, 2.75) is 13.8 Å².